The van der Waals surface area contributed by atoms with E-state index in [1.54, 1.807) is 6.20 Å². The summed E-state index contributed by atoms with van der Waals surface area (Å²) in [5.74, 6) is -0.0543. The van der Waals surface area contributed by atoms with Crippen molar-refractivity contribution in [3.63, 3.8) is 0 Å². The number of benzene rings is 2. The lowest BCUT2D eigenvalue weighted by atomic mass is 9.75. The Balaban J connectivity index is 1.35. The number of nitrogens with zero attached hydrogens (tertiary/aromatic N) is 1. The molecular formula is C24H22N2O2. The van der Waals surface area contributed by atoms with Gasteiger partial charge in [-0.2, -0.15) is 0 Å². The molecule has 4 atom stereocenters. The third-order valence-corrected chi connectivity index (χ3v) is 5.90. The summed E-state index contributed by atoms with van der Waals surface area (Å²) in [6.45, 7) is 0. The lowest BCUT2D eigenvalue weighted by Gasteiger charge is -2.27. The SMILES string of the molecule is O=C(Nc1ccc(-c2ccccc2)cc1)[C@H]1[C@@H](c2cccnc2)[C@@H]2CC[C@H]1O2. The Labute approximate surface area is 164 Å². The summed E-state index contributed by atoms with van der Waals surface area (Å²) in [4.78, 5) is 17.4. The average Bonchev–Trinajstić information content (AvgIpc) is 3.37. The summed E-state index contributed by atoms with van der Waals surface area (Å²) in [6.07, 6.45) is 5.71. The maximum atomic E-state index is 13.1. The van der Waals surface area contributed by atoms with E-state index in [1.807, 2.05) is 54.7 Å². The zero-order valence-electron chi connectivity index (χ0n) is 15.5. The van der Waals surface area contributed by atoms with Gasteiger partial charge in [0.05, 0.1) is 18.1 Å². The van der Waals surface area contributed by atoms with Gasteiger partial charge in [-0.15, -0.1) is 0 Å². The number of hydrogen-bond acceptors (Lipinski definition) is 3. The van der Waals surface area contributed by atoms with E-state index >= 15 is 0 Å². The Bertz CT molecular complexity index is 957. The predicted molar refractivity (Wildman–Crippen MR) is 109 cm³/mol. The molecule has 5 rings (SSSR count). The van der Waals surface area contributed by atoms with Crippen LogP contribution in [0, 0.1) is 5.92 Å². The molecule has 2 aliphatic rings. The number of rotatable bonds is 4. The molecule has 1 amide bonds. The summed E-state index contributed by atoms with van der Waals surface area (Å²) in [5.41, 5.74) is 4.21. The van der Waals surface area contributed by atoms with Crippen LogP contribution in [0.3, 0.4) is 0 Å². The van der Waals surface area contributed by atoms with Crippen molar-refractivity contribution in [2.45, 2.75) is 31.0 Å². The van der Waals surface area contributed by atoms with Crippen molar-refractivity contribution in [3.8, 4) is 11.1 Å². The fraction of sp³-hybridized carbons (Fsp3) is 0.250. The Morgan fingerprint density at radius 1 is 0.893 bits per heavy atom. The topological polar surface area (TPSA) is 51.2 Å². The molecule has 140 valence electrons. The number of ether oxygens (including phenoxy) is 1. The normalized spacial score (nSPS) is 25.6. The summed E-state index contributed by atoms with van der Waals surface area (Å²) >= 11 is 0. The van der Waals surface area contributed by atoms with Crippen LogP contribution < -0.4 is 5.32 Å². The molecule has 2 aromatic carbocycles. The summed E-state index contributed by atoms with van der Waals surface area (Å²) < 4.78 is 6.10. The molecule has 2 saturated heterocycles. The first-order valence-electron chi connectivity index (χ1n) is 9.81. The van der Waals surface area contributed by atoms with Gasteiger partial charge in [-0.05, 0) is 47.7 Å². The van der Waals surface area contributed by atoms with Crippen LogP contribution in [0.25, 0.3) is 11.1 Å². The van der Waals surface area contributed by atoms with E-state index in [9.17, 15) is 4.79 Å². The first-order valence-corrected chi connectivity index (χ1v) is 9.81. The van der Waals surface area contributed by atoms with Gasteiger partial charge < -0.3 is 10.1 Å². The molecule has 2 aliphatic heterocycles. The highest BCUT2D eigenvalue weighted by Gasteiger charge is 2.52. The number of amides is 1. The van der Waals surface area contributed by atoms with Gasteiger partial charge >= 0.3 is 0 Å². The minimum absolute atomic E-state index is 0.00111. The van der Waals surface area contributed by atoms with Crippen molar-refractivity contribution in [2.75, 3.05) is 5.32 Å². The number of pyridine rings is 1. The monoisotopic (exact) mass is 370 g/mol. The van der Waals surface area contributed by atoms with Gasteiger partial charge in [-0.1, -0.05) is 48.5 Å². The predicted octanol–water partition coefficient (Wildman–Crippen LogP) is 4.65. The second kappa shape index (κ2) is 7.21. The molecular weight excluding hydrogens is 348 g/mol. The van der Waals surface area contributed by atoms with Crippen molar-refractivity contribution in [3.05, 3.63) is 84.7 Å². The van der Waals surface area contributed by atoms with Crippen LogP contribution >= 0.6 is 0 Å². The van der Waals surface area contributed by atoms with Crippen molar-refractivity contribution in [1.82, 2.24) is 4.98 Å². The van der Waals surface area contributed by atoms with E-state index in [-0.39, 0.29) is 30.0 Å². The summed E-state index contributed by atoms with van der Waals surface area (Å²) in [5, 5.41) is 3.11. The van der Waals surface area contributed by atoms with E-state index in [2.05, 4.69) is 28.5 Å². The van der Waals surface area contributed by atoms with Crippen LogP contribution in [-0.4, -0.2) is 23.1 Å². The Morgan fingerprint density at radius 3 is 2.39 bits per heavy atom. The van der Waals surface area contributed by atoms with Crippen LogP contribution in [0.4, 0.5) is 5.69 Å². The minimum Gasteiger partial charge on any atom is -0.373 e. The standard InChI is InChI=1S/C24H22N2O2/c27-24(26-19-10-8-17(9-11-19)16-5-2-1-3-6-16)23-21-13-12-20(28-21)22(23)18-7-4-14-25-15-18/h1-11,14-15,20-23H,12-13H2,(H,26,27)/t20-,21+,22-,23+/m0/s1. The smallest absolute Gasteiger partial charge is 0.230 e. The van der Waals surface area contributed by atoms with Crippen molar-refractivity contribution in [2.24, 2.45) is 5.92 Å². The Morgan fingerprint density at radius 2 is 1.64 bits per heavy atom. The van der Waals surface area contributed by atoms with Crippen molar-refractivity contribution in [1.29, 1.82) is 0 Å². The lowest BCUT2D eigenvalue weighted by Crippen LogP contribution is -2.36. The van der Waals surface area contributed by atoms with Gasteiger partial charge in [-0.25, -0.2) is 0 Å². The Hall–Kier alpha value is -2.98. The van der Waals surface area contributed by atoms with Gasteiger partial charge in [0.25, 0.3) is 0 Å². The molecule has 3 heterocycles. The number of anilines is 1. The third-order valence-electron chi connectivity index (χ3n) is 5.90. The maximum absolute atomic E-state index is 13.1. The van der Waals surface area contributed by atoms with E-state index in [0.29, 0.717) is 0 Å². The second-order valence-corrected chi connectivity index (χ2v) is 7.56. The van der Waals surface area contributed by atoms with Gasteiger partial charge in [0.15, 0.2) is 0 Å². The molecule has 1 N–H and O–H groups in total. The van der Waals surface area contributed by atoms with Gasteiger partial charge in [0.1, 0.15) is 0 Å². The first-order chi connectivity index (χ1) is 13.8. The van der Waals surface area contributed by atoms with E-state index in [0.717, 1.165) is 29.7 Å². The van der Waals surface area contributed by atoms with Crippen molar-refractivity contribution >= 4 is 11.6 Å². The van der Waals surface area contributed by atoms with Gasteiger partial charge in [-0.3, -0.25) is 9.78 Å². The van der Waals surface area contributed by atoms with Crippen molar-refractivity contribution < 1.29 is 9.53 Å². The molecule has 2 bridgehead atoms. The van der Waals surface area contributed by atoms with Crippen LogP contribution in [0.2, 0.25) is 0 Å². The molecule has 2 fully saturated rings. The molecule has 3 aromatic rings. The quantitative estimate of drug-likeness (QED) is 0.727. The number of nitrogens with one attached hydrogen (secondary N) is 1. The molecule has 4 heteroatoms. The maximum Gasteiger partial charge on any atom is 0.230 e. The molecule has 1 aromatic heterocycles. The molecule has 28 heavy (non-hydrogen) atoms. The first kappa shape index (κ1) is 17.1. The Kier molecular flexibility index (Phi) is 4.41. The van der Waals surface area contributed by atoms with Gasteiger partial charge in [0, 0.05) is 24.0 Å². The second-order valence-electron chi connectivity index (χ2n) is 7.56. The summed E-state index contributed by atoms with van der Waals surface area (Å²) in [6, 6.07) is 22.2. The summed E-state index contributed by atoms with van der Waals surface area (Å²) in [7, 11) is 0. The zero-order valence-corrected chi connectivity index (χ0v) is 15.5. The minimum atomic E-state index is -0.170. The number of fused-ring (bicyclic) bond motifs is 2. The van der Waals surface area contributed by atoms with E-state index in [1.165, 1.54) is 5.56 Å². The van der Waals surface area contributed by atoms with Crippen LogP contribution in [0.15, 0.2) is 79.1 Å². The lowest BCUT2D eigenvalue weighted by molar-refractivity contribution is -0.121. The van der Waals surface area contributed by atoms with E-state index in [4.69, 9.17) is 4.74 Å². The molecule has 4 nitrogen and oxygen atoms in total. The van der Waals surface area contributed by atoms with Crippen LogP contribution in [0.1, 0.15) is 24.3 Å². The fourth-order valence-electron chi connectivity index (χ4n) is 4.61. The van der Waals surface area contributed by atoms with Crippen LogP contribution in [-0.2, 0) is 9.53 Å². The van der Waals surface area contributed by atoms with Gasteiger partial charge in [0.2, 0.25) is 5.91 Å². The number of carbonyl (C=O) groups excluding carboxylic acids is 1. The largest absolute Gasteiger partial charge is 0.373 e. The molecule has 0 aliphatic carbocycles. The molecule has 0 unspecified atom stereocenters. The highest BCUT2D eigenvalue weighted by atomic mass is 16.5. The van der Waals surface area contributed by atoms with E-state index < -0.39 is 0 Å². The highest BCUT2D eigenvalue weighted by Crippen LogP contribution is 2.49. The molecule has 0 saturated carbocycles. The number of carbonyl (C=O) groups is 1. The van der Waals surface area contributed by atoms with Crippen LogP contribution in [0.5, 0.6) is 0 Å². The molecule has 0 radical (unpaired) electrons. The number of hydrogen-bond donors (Lipinski definition) is 1. The molecule has 0 spiro atoms. The third kappa shape index (κ3) is 3.10. The average molecular weight is 370 g/mol. The zero-order chi connectivity index (χ0) is 18.9. The highest BCUT2D eigenvalue weighted by molar-refractivity contribution is 5.94. The fourth-order valence-corrected chi connectivity index (χ4v) is 4.61. The number of aromatic nitrogens is 1.